The quantitative estimate of drug-likeness (QED) is 0.419. The van der Waals surface area contributed by atoms with Gasteiger partial charge < -0.3 is 13.2 Å². The van der Waals surface area contributed by atoms with Crippen LogP contribution in [0.15, 0.2) is 0 Å². The molecule has 0 aliphatic carbocycles. The zero-order chi connectivity index (χ0) is 6.28. The van der Waals surface area contributed by atoms with Gasteiger partial charge in [-0.15, -0.1) is 0 Å². The molecule has 0 saturated carbocycles. The normalized spacial score (nSPS) is 8.29. The average molecular weight is 203 g/mol. The number of hydrogen-bond donors (Lipinski definition) is 0. The second-order valence-corrected chi connectivity index (χ2v) is 1.81. The minimum atomic E-state index is -3.08. The molecule has 0 aliphatic heterocycles. The molecule has 6 heteroatoms. The molecule has 0 aromatic rings. The van der Waals surface area contributed by atoms with Crippen molar-refractivity contribution < 1.29 is 26.3 Å². The van der Waals surface area contributed by atoms with Gasteiger partial charge in [-0.05, 0) is 0 Å². The molecular weight excluding hydrogens is 203 g/mol. The minimum absolute atomic E-state index is 0.757. The van der Waals surface area contributed by atoms with Crippen LogP contribution in [0.4, 0.5) is 13.2 Å². The topological polar surface area (TPSA) is 0 Å². The molecule has 0 amide bonds. The Balaban J connectivity index is 0. The summed E-state index contributed by atoms with van der Waals surface area (Å²) in [7, 11) is 9.34. The Kier molecular flexibility index (Phi) is 15.4. The second kappa shape index (κ2) is 10.00. The van der Waals surface area contributed by atoms with Crippen molar-refractivity contribution in [2.75, 3.05) is 0 Å². The standard InChI is InChI=1S/CF3.2ClH.Cu/c2-1(3)4;;;/h;2*1H;/q-1;;;+2/p-2. The Hall–Kier alpha value is 0.889. The van der Waals surface area contributed by atoms with E-state index in [4.69, 9.17) is 0 Å². The molecule has 0 atom stereocenters. The third-order valence-electron chi connectivity index (χ3n) is 0. The van der Waals surface area contributed by atoms with E-state index in [9.17, 15) is 13.2 Å². The van der Waals surface area contributed by atoms with Crippen LogP contribution in [0.25, 0.3) is 0 Å². The van der Waals surface area contributed by atoms with Gasteiger partial charge in [-0.25, -0.2) is 0 Å². The van der Waals surface area contributed by atoms with Gasteiger partial charge in [-0.1, -0.05) is 0 Å². The van der Waals surface area contributed by atoms with Crippen molar-refractivity contribution in [2.45, 2.75) is 0 Å². The number of halogens is 5. The van der Waals surface area contributed by atoms with Crippen molar-refractivity contribution in [3.63, 3.8) is 0 Å². The first-order chi connectivity index (χ1) is 3.15. The van der Waals surface area contributed by atoms with Crippen LogP contribution >= 0.6 is 20.2 Å². The first kappa shape index (κ1) is 10.8. The molecule has 0 N–H and O–H groups in total. The van der Waals surface area contributed by atoms with Crippen LogP contribution in [0, 0.1) is 6.68 Å². The average Bonchev–Trinajstić information content (AvgIpc) is 1.33. The third-order valence-corrected chi connectivity index (χ3v) is 0. The fourth-order valence-electron chi connectivity index (χ4n) is 0. The summed E-state index contributed by atoms with van der Waals surface area (Å²) < 4.78 is 28.8. The summed E-state index contributed by atoms with van der Waals surface area (Å²) in [6, 6.07) is 0. The van der Waals surface area contributed by atoms with Crippen LogP contribution in [0.3, 0.4) is 0 Å². The number of rotatable bonds is 0. The zero-order valence-corrected chi connectivity index (χ0v) is 5.14. The molecule has 0 unspecified atom stereocenters. The molecular formula is CCl2CuF3-. The van der Waals surface area contributed by atoms with Crippen LogP contribution < -0.4 is 0 Å². The van der Waals surface area contributed by atoms with E-state index in [-0.39, 0.29) is 0 Å². The Bertz CT molecular complexity index is 24.1. The molecule has 0 radical (unpaired) electrons. The molecule has 7 heavy (non-hydrogen) atoms. The van der Waals surface area contributed by atoms with Gasteiger partial charge in [0.2, 0.25) is 0 Å². The van der Waals surface area contributed by atoms with Crippen molar-refractivity contribution in [3.05, 3.63) is 6.68 Å². The Morgan fingerprint density at radius 1 is 1.14 bits per heavy atom. The summed E-state index contributed by atoms with van der Waals surface area (Å²) in [6.07, 6.45) is 0. The van der Waals surface area contributed by atoms with E-state index in [0.29, 0.717) is 0 Å². The van der Waals surface area contributed by atoms with Crippen molar-refractivity contribution in [3.8, 4) is 0 Å². The molecule has 0 spiro atoms. The maximum atomic E-state index is 9.58. The predicted octanol–water partition coefficient (Wildman–Crippen LogP) is 2.72. The first-order valence-electron chi connectivity index (χ1n) is 0.795. The Morgan fingerprint density at radius 3 is 1.14 bits per heavy atom. The van der Waals surface area contributed by atoms with E-state index >= 15 is 0 Å². The van der Waals surface area contributed by atoms with Gasteiger partial charge in [0.25, 0.3) is 0 Å². The number of hydrogen-bond acceptors (Lipinski definition) is 0. The van der Waals surface area contributed by atoms with Gasteiger partial charge in [-0.2, -0.15) is 0 Å². The van der Waals surface area contributed by atoms with E-state index < -0.39 is 6.68 Å². The first-order valence-corrected chi connectivity index (χ1v) is 3.39. The van der Waals surface area contributed by atoms with E-state index in [2.05, 4.69) is 20.2 Å². The van der Waals surface area contributed by atoms with E-state index in [1.165, 1.54) is 0 Å². The summed E-state index contributed by atoms with van der Waals surface area (Å²) in [6.45, 7) is -3.08. The molecule has 51 valence electrons. The summed E-state index contributed by atoms with van der Waals surface area (Å²) in [4.78, 5) is 0. The molecule has 0 aromatic heterocycles. The molecule has 0 aliphatic rings. The molecule has 0 saturated heterocycles. The summed E-state index contributed by atoms with van der Waals surface area (Å²) >= 11 is 0.757. The van der Waals surface area contributed by atoms with Gasteiger partial charge in [0.05, 0.1) is 0 Å². The summed E-state index contributed by atoms with van der Waals surface area (Å²) in [5, 5.41) is 0. The SMILES string of the molecule is F[C-](F)F.[Cl][Cu][Cl]. The van der Waals surface area contributed by atoms with E-state index in [1.54, 1.807) is 0 Å². The van der Waals surface area contributed by atoms with E-state index in [0.717, 1.165) is 13.1 Å². The van der Waals surface area contributed by atoms with Crippen LogP contribution in [-0.2, 0) is 13.1 Å². The molecule has 0 nitrogen and oxygen atoms in total. The molecule has 0 fully saturated rings. The fraction of sp³-hybridized carbons (Fsp3) is 0. The zero-order valence-electron chi connectivity index (χ0n) is 2.69. The Morgan fingerprint density at radius 2 is 1.14 bits per heavy atom. The van der Waals surface area contributed by atoms with Gasteiger partial charge in [0, 0.05) is 0 Å². The molecule has 0 bridgehead atoms. The van der Waals surface area contributed by atoms with Crippen molar-refractivity contribution in [1.29, 1.82) is 0 Å². The molecule has 0 heterocycles. The van der Waals surface area contributed by atoms with E-state index in [1.807, 2.05) is 0 Å². The summed E-state index contributed by atoms with van der Waals surface area (Å²) in [5.41, 5.74) is 0. The fourth-order valence-corrected chi connectivity index (χ4v) is 0. The third kappa shape index (κ3) is 208. The summed E-state index contributed by atoms with van der Waals surface area (Å²) in [5.74, 6) is 0. The van der Waals surface area contributed by atoms with Crippen LogP contribution in [-0.4, -0.2) is 0 Å². The van der Waals surface area contributed by atoms with Gasteiger partial charge in [-0.3, -0.25) is 0 Å². The van der Waals surface area contributed by atoms with Crippen LogP contribution in [0.1, 0.15) is 0 Å². The van der Waals surface area contributed by atoms with Gasteiger partial charge in [0.15, 0.2) is 6.68 Å². The predicted molar refractivity (Wildman–Crippen MR) is 18.3 cm³/mol. The second-order valence-electron chi connectivity index (χ2n) is 0.257. The van der Waals surface area contributed by atoms with Crippen LogP contribution in [0.2, 0.25) is 0 Å². The van der Waals surface area contributed by atoms with Gasteiger partial charge in [0.1, 0.15) is 0 Å². The monoisotopic (exact) mass is 202 g/mol. The van der Waals surface area contributed by atoms with Crippen LogP contribution in [0.5, 0.6) is 0 Å². The van der Waals surface area contributed by atoms with Crippen molar-refractivity contribution in [1.82, 2.24) is 0 Å². The van der Waals surface area contributed by atoms with Gasteiger partial charge >= 0.3 is 33.3 Å². The Labute approximate surface area is 53.6 Å². The van der Waals surface area contributed by atoms with Crippen molar-refractivity contribution >= 4 is 20.2 Å². The van der Waals surface area contributed by atoms with Crippen molar-refractivity contribution in [2.24, 2.45) is 0 Å². The molecule has 0 aromatic carbocycles. The maximum absolute atomic E-state index is 9.58. The molecule has 0 rings (SSSR count).